The number of β-lactam (4-membered cyclic amide) rings is 1. The lowest BCUT2D eigenvalue weighted by molar-refractivity contribution is -0.167. The van der Waals surface area contributed by atoms with Gasteiger partial charge in [0.15, 0.2) is 6.04 Å². The summed E-state index contributed by atoms with van der Waals surface area (Å²) in [6.07, 6.45) is 0. The van der Waals surface area contributed by atoms with Crippen LogP contribution in [0, 0.1) is 0 Å². The normalized spacial score (nSPS) is 24.5. The molecule has 1 saturated heterocycles. The number of carboxylic acids is 1. The summed E-state index contributed by atoms with van der Waals surface area (Å²) in [6, 6.07) is -1.24. The van der Waals surface area contributed by atoms with Crippen molar-refractivity contribution in [1.29, 1.82) is 0 Å². The molecule has 1 unspecified atom stereocenters. The number of nitrogens with zero attached hydrogens (tertiary/aromatic N) is 1. The Balaban J connectivity index is 2.76. The molecule has 10 heavy (non-hydrogen) atoms. The lowest BCUT2D eigenvalue weighted by atomic mass is 10.0. The number of Topliss-reactive ketones (excluding diaryl/α,β-unsaturated/α-hetero) is 1. The van der Waals surface area contributed by atoms with E-state index in [1.807, 2.05) is 0 Å². The van der Waals surface area contributed by atoms with Crippen LogP contribution >= 0.6 is 0 Å². The topological polar surface area (TPSA) is 74.7 Å². The molecule has 1 heterocycles. The Bertz CT molecular complexity index is 222. The Morgan fingerprint density at radius 3 is 2.30 bits per heavy atom. The molecule has 1 amide bonds. The predicted molar refractivity (Wildman–Crippen MR) is 29.2 cm³/mol. The van der Waals surface area contributed by atoms with Crippen molar-refractivity contribution in [3.05, 3.63) is 0 Å². The Morgan fingerprint density at radius 1 is 1.60 bits per heavy atom. The molecule has 0 aromatic rings. The van der Waals surface area contributed by atoms with E-state index < -0.39 is 23.7 Å². The number of amides is 1. The third-order valence-corrected chi connectivity index (χ3v) is 1.40. The van der Waals surface area contributed by atoms with Gasteiger partial charge in [-0.05, 0) is 0 Å². The van der Waals surface area contributed by atoms with Crippen molar-refractivity contribution in [2.75, 3.05) is 7.05 Å². The van der Waals surface area contributed by atoms with Gasteiger partial charge in [0.25, 0.3) is 11.7 Å². The fraction of sp³-hybridized carbons (Fsp3) is 0.400. The number of likely N-dealkylation sites (tertiary alicyclic amines) is 1. The van der Waals surface area contributed by atoms with Crippen molar-refractivity contribution in [1.82, 2.24) is 4.90 Å². The summed E-state index contributed by atoms with van der Waals surface area (Å²) in [5.41, 5.74) is 0. The molecule has 0 aliphatic carbocycles. The Kier molecular flexibility index (Phi) is 1.21. The smallest absolute Gasteiger partial charge is 0.334 e. The van der Waals surface area contributed by atoms with Gasteiger partial charge in [-0.2, -0.15) is 0 Å². The van der Waals surface area contributed by atoms with Gasteiger partial charge in [-0.25, -0.2) is 4.79 Å². The average molecular weight is 143 g/mol. The number of aliphatic carboxylic acids is 1. The SMILES string of the molecule is CN1C(=O)C(=O)C1C(=O)O. The molecular weight excluding hydrogens is 138 g/mol. The maximum absolute atomic E-state index is 10.4. The molecule has 0 spiro atoms. The lowest BCUT2D eigenvalue weighted by Crippen LogP contribution is -2.63. The fourth-order valence-corrected chi connectivity index (χ4v) is 0.796. The number of ketones is 1. The largest absolute Gasteiger partial charge is 0.479 e. The summed E-state index contributed by atoms with van der Waals surface area (Å²) in [7, 11) is 1.28. The van der Waals surface area contributed by atoms with Crippen LogP contribution in [-0.4, -0.2) is 40.8 Å². The molecule has 0 radical (unpaired) electrons. The van der Waals surface area contributed by atoms with Gasteiger partial charge in [0.1, 0.15) is 0 Å². The molecule has 1 rings (SSSR count). The van der Waals surface area contributed by atoms with Gasteiger partial charge in [-0.3, -0.25) is 9.59 Å². The average Bonchev–Trinajstić information content (AvgIpc) is 1.87. The van der Waals surface area contributed by atoms with Crippen molar-refractivity contribution in [2.24, 2.45) is 0 Å². The summed E-state index contributed by atoms with van der Waals surface area (Å²) < 4.78 is 0. The van der Waals surface area contributed by atoms with E-state index in [0.29, 0.717) is 0 Å². The van der Waals surface area contributed by atoms with E-state index in [-0.39, 0.29) is 0 Å². The molecule has 54 valence electrons. The number of rotatable bonds is 1. The minimum absolute atomic E-state index is 0.729. The second kappa shape index (κ2) is 1.80. The molecule has 0 aromatic carbocycles. The molecule has 1 fully saturated rings. The summed E-state index contributed by atoms with van der Waals surface area (Å²) >= 11 is 0. The first kappa shape index (κ1) is 6.73. The van der Waals surface area contributed by atoms with Crippen molar-refractivity contribution < 1.29 is 19.5 Å². The molecule has 5 nitrogen and oxygen atoms in total. The van der Waals surface area contributed by atoms with Gasteiger partial charge in [-0.1, -0.05) is 0 Å². The van der Waals surface area contributed by atoms with Gasteiger partial charge < -0.3 is 10.0 Å². The number of carbonyl (C=O) groups excluding carboxylic acids is 2. The Hall–Kier alpha value is -1.39. The van der Waals surface area contributed by atoms with Gasteiger partial charge in [0.2, 0.25) is 0 Å². The molecule has 5 heteroatoms. The van der Waals surface area contributed by atoms with Gasteiger partial charge >= 0.3 is 5.97 Å². The number of carboxylic acid groups (broad SMARTS) is 1. The predicted octanol–water partition coefficient (Wildman–Crippen LogP) is -1.52. The zero-order valence-corrected chi connectivity index (χ0v) is 5.20. The monoisotopic (exact) mass is 143 g/mol. The van der Waals surface area contributed by atoms with E-state index in [1.165, 1.54) is 7.05 Å². The quantitative estimate of drug-likeness (QED) is 0.275. The second-order valence-corrected chi connectivity index (χ2v) is 2.02. The zero-order valence-electron chi connectivity index (χ0n) is 5.20. The van der Waals surface area contributed by atoms with Gasteiger partial charge in [0, 0.05) is 7.05 Å². The first-order chi connectivity index (χ1) is 4.55. The van der Waals surface area contributed by atoms with Crippen LogP contribution in [0.3, 0.4) is 0 Å². The van der Waals surface area contributed by atoms with Crippen LogP contribution in [0.5, 0.6) is 0 Å². The zero-order chi connectivity index (χ0) is 7.89. The third kappa shape index (κ3) is 0.601. The van der Waals surface area contributed by atoms with Crippen molar-refractivity contribution >= 4 is 17.7 Å². The maximum atomic E-state index is 10.4. The Labute approximate surface area is 56.2 Å². The highest BCUT2D eigenvalue weighted by Crippen LogP contribution is 2.11. The lowest BCUT2D eigenvalue weighted by Gasteiger charge is -2.31. The molecule has 1 aliphatic rings. The molecule has 1 aliphatic heterocycles. The summed E-state index contributed by atoms with van der Waals surface area (Å²) in [5, 5.41) is 8.28. The summed E-state index contributed by atoms with van der Waals surface area (Å²) in [5.74, 6) is -2.84. The highest BCUT2D eigenvalue weighted by Gasteiger charge is 2.48. The van der Waals surface area contributed by atoms with E-state index in [2.05, 4.69) is 0 Å². The van der Waals surface area contributed by atoms with E-state index in [0.717, 1.165) is 4.90 Å². The minimum Gasteiger partial charge on any atom is -0.479 e. The molecule has 0 aromatic heterocycles. The molecule has 0 saturated carbocycles. The number of carbonyl (C=O) groups is 3. The van der Waals surface area contributed by atoms with E-state index in [4.69, 9.17) is 5.11 Å². The van der Waals surface area contributed by atoms with Crippen LogP contribution in [0.2, 0.25) is 0 Å². The van der Waals surface area contributed by atoms with Crippen molar-refractivity contribution in [2.45, 2.75) is 6.04 Å². The molecule has 1 atom stereocenters. The summed E-state index contributed by atoms with van der Waals surface area (Å²) in [4.78, 5) is 31.9. The van der Waals surface area contributed by atoms with Crippen LogP contribution in [-0.2, 0) is 14.4 Å². The molecule has 1 N–H and O–H groups in total. The van der Waals surface area contributed by atoms with Crippen LogP contribution in [0.25, 0.3) is 0 Å². The first-order valence-corrected chi connectivity index (χ1v) is 2.59. The third-order valence-electron chi connectivity index (χ3n) is 1.40. The highest BCUT2D eigenvalue weighted by atomic mass is 16.4. The van der Waals surface area contributed by atoms with E-state index >= 15 is 0 Å². The standard InChI is InChI=1S/C5H5NO4/c1-6-2(5(9)10)3(7)4(6)8/h2H,1H3,(H,9,10). The number of hydrogen-bond donors (Lipinski definition) is 1. The van der Waals surface area contributed by atoms with Crippen LogP contribution < -0.4 is 0 Å². The van der Waals surface area contributed by atoms with E-state index in [9.17, 15) is 14.4 Å². The van der Waals surface area contributed by atoms with Crippen LogP contribution in [0.4, 0.5) is 0 Å². The first-order valence-electron chi connectivity index (χ1n) is 2.59. The van der Waals surface area contributed by atoms with Crippen LogP contribution in [0.1, 0.15) is 0 Å². The van der Waals surface area contributed by atoms with Gasteiger partial charge in [-0.15, -0.1) is 0 Å². The Morgan fingerprint density at radius 2 is 2.10 bits per heavy atom. The molecular formula is C5H5NO4. The summed E-state index contributed by atoms with van der Waals surface area (Å²) in [6.45, 7) is 0. The number of hydrogen-bond acceptors (Lipinski definition) is 3. The minimum atomic E-state index is -1.27. The molecule has 0 bridgehead atoms. The highest BCUT2D eigenvalue weighted by molar-refractivity contribution is 6.48. The maximum Gasteiger partial charge on any atom is 0.334 e. The van der Waals surface area contributed by atoms with Crippen LogP contribution in [0.15, 0.2) is 0 Å². The van der Waals surface area contributed by atoms with Crippen molar-refractivity contribution in [3.63, 3.8) is 0 Å². The number of likely N-dealkylation sites (N-methyl/N-ethyl adjacent to an activating group) is 1. The second-order valence-electron chi connectivity index (χ2n) is 2.02. The van der Waals surface area contributed by atoms with E-state index in [1.54, 1.807) is 0 Å². The fourth-order valence-electron chi connectivity index (χ4n) is 0.796. The van der Waals surface area contributed by atoms with Gasteiger partial charge in [0.05, 0.1) is 0 Å². The van der Waals surface area contributed by atoms with Crippen molar-refractivity contribution in [3.8, 4) is 0 Å².